The summed E-state index contributed by atoms with van der Waals surface area (Å²) in [5.74, 6) is 0. The van der Waals surface area contributed by atoms with E-state index in [1.165, 1.54) is 0 Å². The quantitative estimate of drug-likeness (QED) is 0.494. The Kier molecular flexibility index (Phi) is 132. The molecule has 0 aliphatic rings. The average Bonchev–Trinajstić information content (AvgIpc) is 0. The largest absolute Gasteiger partial charge is 0.187 e. The maximum absolute atomic E-state index is 0. The van der Waals surface area contributed by atoms with Gasteiger partial charge in [0.15, 0.2) is 17.4 Å². The molecule has 4 heavy (non-hydrogen) atoms. The molecule has 0 aliphatic heterocycles. The summed E-state index contributed by atoms with van der Waals surface area (Å²) in [5, 5.41) is 0. The van der Waals surface area contributed by atoms with E-state index in [9.17, 15) is 0 Å². The summed E-state index contributed by atoms with van der Waals surface area (Å²) in [4.78, 5) is 0. The van der Waals surface area contributed by atoms with Crippen LogP contribution < -0.4 is 0 Å². The second kappa shape index (κ2) is 17.4. The molecule has 0 atom stereocenters. The summed E-state index contributed by atoms with van der Waals surface area (Å²) >= 11 is 0. The summed E-state index contributed by atoms with van der Waals surface area (Å²) in [6.07, 6.45) is 0. The first-order chi connectivity index (χ1) is 0. The van der Waals surface area contributed by atoms with E-state index in [0.29, 0.717) is 0 Å². The van der Waals surface area contributed by atoms with Gasteiger partial charge in [-0.15, -0.1) is 0 Å². The van der Waals surface area contributed by atoms with Gasteiger partial charge in [-0.3, -0.25) is 0 Å². The molecular formula is H3AlTi2W. The molecule has 0 aromatic rings. The minimum Gasteiger partial charge on any atom is 0 e. The second-order valence-corrected chi connectivity index (χ2v) is 0. The van der Waals surface area contributed by atoms with Crippen molar-refractivity contribution < 1.29 is 64.5 Å². The zero-order valence-corrected chi connectivity index (χ0v) is 7.46. The van der Waals surface area contributed by atoms with Crippen molar-refractivity contribution in [3.05, 3.63) is 0 Å². The van der Waals surface area contributed by atoms with Crippen LogP contribution in [0.1, 0.15) is 0 Å². The minimum absolute atomic E-state index is 0. The van der Waals surface area contributed by atoms with E-state index in [1.807, 2.05) is 0 Å². The Morgan fingerprint density at radius 1 is 0.750 bits per heavy atom. The topological polar surface area (TPSA) is 0 Å². The van der Waals surface area contributed by atoms with Gasteiger partial charge in [-0.1, -0.05) is 0 Å². The molecule has 0 nitrogen and oxygen atoms in total. The summed E-state index contributed by atoms with van der Waals surface area (Å²) in [7, 11) is 0. The fraction of sp³-hybridized carbons (Fsp3) is 0. The molecule has 0 amide bonds. The van der Waals surface area contributed by atoms with Crippen molar-refractivity contribution in [3.8, 4) is 0 Å². The first-order valence-corrected chi connectivity index (χ1v) is 0. The van der Waals surface area contributed by atoms with Crippen LogP contribution in [0, 0.1) is 0 Å². The van der Waals surface area contributed by atoms with Gasteiger partial charge in [-0.25, -0.2) is 0 Å². The predicted octanol–water partition coefficient (Wildman–Crippen LogP) is -1.19. The van der Waals surface area contributed by atoms with Crippen LogP contribution in [-0.4, -0.2) is 17.4 Å². The van der Waals surface area contributed by atoms with Crippen molar-refractivity contribution in [1.29, 1.82) is 0 Å². The molecule has 0 bridgehead atoms. The van der Waals surface area contributed by atoms with Gasteiger partial charge in [0.05, 0.1) is 0 Å². The SMILES string of the molecule is [AlH3].[Ti].[Ti].[W]. The fourth-order valence-electron chi connectivity index (χ4n) is 0. The molecule has 0 aromatic carbocycles. The predicted molar refractivity (Wildman–Crippen MR) is 9.94 cm³/mol. The molecule has 0 fully saturated rings. The van der Waals surface area contributed by atoms with Crippen LogP contribution in [0.15, 0.2) is 0 Å². The second-order valence-electron chi connectivity index (χ2n) is 0. The van der Waals surface area contributed by atoms with Gasteiger partial charge in [-0.2, -0.15) is 0 Å². The molecule has 0 N–H and O–H groups in total. The van der Waals surface area contributed by atoms with Gasteiger partial charge in [0.2, 0.25) is 0 Å². The van der Waals surface area contributed by atoms with Crippen LogP contribution in [0.2, 0.25) is 0 Å². The van der Waals surface area contributed by atoms with Gasteiger partial charge in [-0.05, 0) is 0 Å². The van der Waals surface area contributed by atoms with Crippen molar-refractivity contribution in [3.63, 3.8) is 0 Å². The van der Waals surface area contributed by atoms with Crippen molar-refractivity contribution in [1.82, 2.24) is 0 Å². The zero-order valence-electron chi connectivity index (χ0n) is 1.41. The van der Waals surface area contributed by atoms with Gasteiger partial charge >= 0.3 is 0 Å². The first-order valence-electron chi connectivity index (χ1n) is 0. The maximum Gasteiger partial charge on any atom is 0.187 e. The third-order valence-electron chi connectivity index (χ3n) is 0. The molecule has 4 heteroatoms. The molecule has 0 unspecified atom stereocenters. The molecule has 0 heterocycles. The summed E-state index contributed by atoms with van der Waals surface area (Å²) in [6, 6.07) is 0. The van der Waals surface area contributed by atoms with E-state index in [1.54, 1.807) is 0 Å². The van der Waals surface area contributed by atoms with Gasteiger partial charge in [0.25, 0.3) is 0 Å². The van der Waals surface area contributed by atoms with Crippen LogP contribution in [0.5, 0.6) is 0 Å². The Morgan fingerprint density at radius 2 is 0.750 bits per heavy atom. The molecule has 20 valence electrons. The molecule has 0 aromatic heterocycles. The summed E-state index contributed by atoms with van der Waals surface area (Å²) in [6.45, 7) is 0. The van der Waals surface area contributed by atoms with E-state index < -0.39 is 0 Å². The van der Waals surface area contributed by atoms with Crippen molar-refractivity contribution >= 4 is 17.4 Å². The van der Waals surface area contributed by atoms with Crippen molar-refractivity contribution in [2.75, 3.05) is 0 Å². The van der Waals surface area contributed by atoms with Crippen molar-refractivity contribution in [2.24, 2.45) is 0 Å². The molecular weight excluding hydrogens is 307 g/mol. The Labute approximate surface area is 80.6 Å². The molecule has 0 saturated carbocycles. The van der Waals surface area contributed by atoms with Crippen molar-refractivity contribution in [2.45, 2.75) is 0 Å². The third kappa shape index (κ3) is 8.82. The summed E-state index contributed by atoms with van der Waals surface area (Å²) in [5.41, 5.74) is 0. The molecule has 0 aliphatic carbocycles. The van der Waals surface area contributed by atoms with Crippen LogP contribution in [0.3, 0.4) is 0 Å². The van der Waals surface area contributed by atoms with E-state index in [2.05, 4.69) is 0 Å². The van der Waals surface area contributed by atoms with E-state index >= 15 is 0 Å². The normalized spacial score (nSPS) is 0. The zero-order chi connectivity index (χ0) is 0. The van der Waals surface area contributed by atoms with Gasteiger partial charge in [0, 0.05) is 64.5 Å². The van der Waals surface area contributed by atoms with E-state index in [0.717, 1.165) is 0 Å². The number of hydrogen-bond acceptors (Lipinski definition) is 0. The third-order valence-corrected chi connectivity index (χ3v) is 0. The van der Waals surface area contributed by atoms with Crippen LogP contribution in [-0.2, 0) is 64.5 Å². The van der Waals surface area contributed by atoms with Crippen LogP contribution >= 0.6 is 0 Å². The van der Waals surface area contributed by atoms with Crippen LogP contribution in [0.25, 0.3) is 0 Å². The molecule has 0 saturated heterocycles. The Hall–Kier alpha value is 2.65. The fourth-order valence-corrected chi connectivity index (χ4v) is 0. The Morgan fingerprint density at radius 3 is 0.750 bits per heavy atom. The standard InChI is InChI=1S/Al.2Ti.W.3H. The smallest absolute Gasteiger partial charge is 0 e. The molecule has 0 radical (unpaired) electrons. The van der Waals surface area contributed by atoms with Gasteiger partial charge < -0.3 is 0 Å². The number of rotatable bonds is 0. The molecule has 0 spiro atoms. The minimum atomic E-state index is 0. The maximum atomic E-state index is 0. The average molecular weight is 310 g/mol. The number of hydrogen-bond donors (Lipinski definition) is 0. The Bertz CT molecular complexity index is 6.00. The van der Waals surface area contributed by atoms with Crippen LogP contribution in [0.4, 0.5) is 0 Å². The van der Waals surface area contributed by atoms with Gasteiger partial charge in [0.1, 0.15) is 0 Å². The Balaban J connectivity index is 0. The first kappa shape index (κ1) is 30.2. The summed E-state index contributed by atoms with van der Waals surface area (Å²) < 4.78 is 0. The molecule has 0 rings (SSSR count). The monoisotopic (exact) mass is 310 g/mol. The van der Waals surface area contributed by atoms with E-state index in [-0.39, 0.29) is 81.9 Å². The van der Waals surface area contributed by atoms with E-state index in [4.69, 9.17) is 0 Å².